The van der Waals surface area contributed by atoms with Crippen LogP contribution < -0.4 is 0 Å². The van der Waals surface area contributed by atoms with Gasteiger partial charge in [-0.15, -0.1) is 0 Å². The Morgan fingerprint density at radius 2 is 2.04 bits per heavy atom. The summed E-state index contributed by atoms with van der Waals surface area (Å²) in [6.07, 6.45) is -2.24. The average molecular weight is 345 g/mol. The Hall–Kier alpha value is -1.57. The third kappa shape index (κ3) is 3.16. The molecule has 2 heterocycles. The van der Waals surface area contributed by atoms with Crippen molar-refractivity contribution in [2.24, 2.45) is 5.92 Å². The lowest BCUT2D eigenvalue weighted by Gasteiger charge is -2.25. The number of hydrogen-bond acceptors (Lipinski definition) is 3. The Labute approximate surface area is 138 Å². The van der Waals surface area contributed by atoms with E-state index in [9.17, 15) is 23.1 Å². The zero-order valence-electron chi connectivity index (χ0n) is 13.9. The molecule has 5 nitrogen and oxygen atoms in total. The highest BCUT2D eigenvalue weighted by molar-refractivity contribution is 5.76. The topological polar surface area (TPSA) is 58.4 Å². The van der Waals surface area contributed by atoms with Crippen LogP contribution in [0.1, 0.15) is 43.6 Å². The van der Waals surface area contributed by atoms with Crippen LogP contribution in [0, 0.1) is 5.92 Å². The Morgan fingerprint density at radius 3 is 2.62 bits per heavy atom. The van der Waals surface area contributed by atoms with Gasteiger partial charge in [-0.25, -0.2) is 0 Å². The van der Waals surface area contributed by atoms with Crippen LogP contribution in [0.25, 0.3) is 0 Å². The Balaban J connectivity index is 1.74. The van der Waals surface area contributed by atoms with Crippen molar-refractivity contribution in [3.8, 4) is 0 Å². The van der Waals surface area contributed by atoms with E-state index in [1.807, 2.05) is 0 Å². The summed E-state index contributed by atoms with van der Waals surface area (Å²) in [7, 11) is 0. The first-order chi connectivity index (χ1) is 11.1. The van der Waals surface area contributed by atoms with Crippen LogP contribution in [-0.2, 0) is 30.4 Å². The average Bonchev–Trinajstić information content (AvgIpc) is 3.12. The van der Waals surface area contributed by atoms with Crippen LogP contribution >= 0.6 is 0 Å². The molecule has 1 aromatic heterocycles. The molecule has 1 amide bonds. The van der Waals surface area contributed by atoms with Crippen molar-refractivity contribution in [2.75, 3.05) is 13.1 Å². The lowest BCUT2D eigenvalue weighted by atomic mass is 9.90. The van der Waals surface area contributed by atoms with Crippen molar-refractivity contribution < 1.29 is 23.1 Å². The first kappa shape index (κ1) is 17.3. The number of amides is 1. The van der Waals surface area contributed by atoms with E-state index < -0.39 is 17.5 Å². The highest BCUT2D eigenvalue weighted by Crippen LogP contribution is 2.36. The number of aliphatic hydroxyl groups is 1. The molecule has 0 spiro atoms. The number of carbonyl (C=O) groups is 1. The zero-order valence-corrected chi connectivity index (χ0v) is 13.9. The van der Waals surface area contributed by atoms with Gasteiger partial charge >= 0.3 is 6.18 Å². The summed E-state index contributed by atoms with van der Waals surface area (Å²) in [4.78, 5) is 14.1. The molecule has 1 aliphatic heterocycles. The van der Waals surface area contributed by atoms with Gasteiger partial charge in [-0.2, -0.15) is 18.3 Å². The second-order valence-electron chi connectivity index (χ2n) is 7.26. The molecule has 1 aliphatic carbocycles. The SMILES string of the molecule is CC(C)(O)C1CCN(C(=O)Cn2nc(C(F)(F)F)c3c2CCC3)C1. The van der Waals surface area contributed by atoms with E-state index in [2.05, 4.69) is 5.10 Å². The fourth-order valence-electron chi connectivity index (χ4n) is 3.66. The molecular weight excluding hydrogens is 323 g/mol. The van der Waals surface area contributed by atoms with Gasteiger partial charge in [0.2, 0.25) is 5.91 Å². The third-order valence-electron chi connectivity index (χ3n) is 5.10. The molecule has 8 heteroatoms. The lowest BCUT2D eigenvalue weighted by molar-refractivity contribution is -0.142. The lowest BCUT2D eigenvalue weighted by Crippen LogP contribution is -2.37. The van der Waals surface area contributed by atoms with Crippen molar-refractivity contribution in [3.05, 3.63) is 17.0 Å². The van der Waals surface area contributed by atoms with Crippen molar-refractivity contribution in [2.45, 2.75) is 57.9 Å². The minimum Gasteiger partial charge on any atom is -0.390 e. The summed E-state index contributed by atoms with van der Waals surface area (Å²) in [6.45, 7) is 4.20. The minimum absolute atomic E-state index is 0.0180. The molecule has 1 fully saturated rings. The number of fused-ring (bicyclic) bond motifs is 1. The molecule has 0 aromatic carbocycles. The summed E-state index contributed by atoms with van der Waals surface area (Å²) in [5.74, 6) is -0.261. The standard InChI is InChI=1S/C16H22F3N3O2/c1-15(2,24)10-6-7-21(8-10)13(23)9-22-12-5-3-4-11(12)14(20-22)16(17,18)19/h10,24H,3-9H2,1-2H3. The van der Waals surface area contributed by atoms with E-state index in [1.54, 1.807) is 18.7 Å². The predicted octanol–water partition coefficient (Wildman–Crippen LogP) is 2.01. The second kappa shape index (κ2) is 5.75. The summed E-state index contributed by atoms with van der Waals surface area (Å²) >= 11 is 0. The molecule has 1 N–H and O–H groups in total. The molecule has 0 bridgehead atoms. The number of likely N-dealkylation sites (tertiary alicyclic amines) is 1. The van der Waals surface area contributed by atoms with E-state index >= 15 is 0 Å². The molecule has 1 atom stereocenters. The van der Waals surface area contributed by atoms with Crippen LogP contribution in [0.3, 0.4) is 0 Å². The molecule has 0 radical (unpaired) electrons. The van der Waals surface area contributed by atoms with Crippen LogP contribution in [0.15, 0.2) is 0 Å². The predicted molar refractivity (Wildman–Crippen MR) is 80.2 cm³/mol. The second-order valence-corrected chi connectivity index (χ2v) is 7.26. The normalized spacial score (nSPS) is 21.4. The summed E-state index contributed by atoms with van der Waals surface area (Å²) in [6, 6.07) is 0. The van der Waals surface area contributed by atoms with Crippen LogP contribution in [0.5, 0.6) is 0 Å². The first-order valence-corrected chi connectivity index (χ1v) is 8.23. The van der Waals surface area contributed by atoms with E-state index in [0.717, 1.165) is 0 Å². The Morgan fingerprint density at radius 1 is 1.33 bits per heavy atom. The van der Waals surface area contributed by atoms with Gasteiger partial charge in [0.15, 0.2) is 5.69 Å². The quantitative estimate of drug-likeness (QED) is 0.912. The Kier molecular flexibility index (Phi) is 4.14. The maximum absolute atomic E-state index is 13.1. The van der Waals surface area contributed by atoms with Gasteiger partial charge in [0, 0.05) is 30.3 Å². The van der Waals surface area contributed by atoms with Gasteiger partial charge in [0.25, 0.3) is 0 Å². The molecule has 1 saturated heterocycles. The first-order valence-electron chi connectivity index (χ1n) is 8.23. The van der Waals surface area contributed by atoms with Gasteiger partial charge in [-0.3, -0.25) is 9.48 Å². The third-order valence-corrected chi connectivity index (χ3v) is 5.10. The number of carbonyl (C=O) groups excluding carboxylic acids is 1. The fourth-order valence-corrected chi connectivity index (χ4v) is 3.66. The maximum Gasteiger partial charge on any atom is 0.435 e. The molecule has 0 saturated carbocycles. The van der Waals surface area contributed by atoms with Crippen LogP contribution in [-0.4, -0.2) is 44.4 Å². The van der Waals surface area contributed by atoms with Gasteiger partial charge in [0.05, 0.1) is 5.60 Å². The largest absolute Gasteiger partial charge is 0.435 e. The highest BCUT2D eigenvalue weighted by Gasteiger charge is 2.41. The molecule has 1 aromatic rings. The van der Waals surface area contributed by atoms with Crippen molar-refractivity contribution in [1.29, 1.82) is 0 Å². The molecule has 24 heavy (non-hydrogen) atoms. The minimum atomic E-state index is -4.48. The van der Waals surface area contributed by atoms with E-state index in [0.29, 0.717) is 44.5 Å². The summed E-state index contributed by atoms with van der Waals surface area (Å²) in [5.41, 5.74) is -0.940. The van der Waals surface area contributed by atoms with Gasteiger partial charge in [-0.05, 0) is 39.5 Å². The van der Waals surface area contributed by atoms with Crippen LogP contribution in [0.4, 0.5) is 13.2 Å². The molecule has 2 aliphatic rings. The van der Waals surface area contributed by atoms with E-state index in [-0.39, 0.29) is 23.9 Å². The molecular formula is C16H22F3N3O2. The van der Waals surface area contributed by atoms with Gasteiger partial charge in [0.1, 0.15) is 6.54 Å². The molecule has 3 rings (SSSR count). The molecule has 134 valence electrons. The van der Waals surface area contributed by atoms with Crippen molar-refractivity contribution in [1.82, 2.24) is 14.7 Å². The fraction of sp³-hybridized carbons (Fsp3) is 0.750. The number of nitrogens with zero attached hydrogens (tertiary/aromatic N) is 3. The van der Waals surface area contributed by atoms with E-state index in [4.69, 9.17) is 0 Å². The van der Waals surface area contributed by atoms with Crippen molar-refractivity contribution in [3.63, 3.8) is 0 Å². The number of alkyl halides is 3. The number of aromatic nitrogens is 2. The maximum atomic E-state index is 13.1. The highest BCUT2D eigenvalue weighted by atomic mass is 19.4. The van der Waals surface area contributed by atoms with E-state index in [1.165, 1.54) is 4.68 Å². The Bertz CT molecular complexity index is 646. The smallest absolute Gasteiger partial charge is 0.390 e. The molecule has 1 unspecified atom stereocenters. The number of halogens is 3. The van der Waals surface area contributed by atoms with Crippen molar-refractivity contribution >= 4 is 5.91 Å². The number of rotatable bonds is 3. The van der Waals surface area contributed by atoms with Gasteiger partial charge < -0.3 is 10.0 Å². The summed E-state index contributed by atoms with van der Waals surface area (Å²) in [5, 5.41) is 13.7. The van der Waals surface area contributed by atoms with Gasteiger partial charge in [-0.1, -0.05) is 0 Å². The van der Waals surface area contributed by atoms with Crippen LogP contribution in [0.2, 0.25) is 0 Å². The summed E-state index contributed by atoms with van der Waals surface area (Å²) < 4.78 is 40.5. The monoisotopic (exact) mass is 345 g/mol. The number of hydrogen-bond donors (Lipinski definition) is 1. The zero-order chi connectivity index (χ0) is 17.7.